The van der Waals surface area contributed by atoms with Crippen LogP contribution in [0, 0.1) is 6.92 Å². The molecule has 0 bridgehead atoms. The van der Waals surface area contributed by atoms with Crippen LogP contribution in [-0.4, -0.2) is 34.7 Å². The molecule has 2 N–H and O–H groups in total. The summed E-state index contributed by atoms with van der Waals surface area (Å²) in [6, 6.07) is 2.50. The van der Waals surface area contributed by atoms with Gasteiger partial charge in [-0.2, -0.15) is 0 Å². The lowest BCUT2D eigenvalue weighted by atomic mass is 9.99. The Morgan fingerprint density at radius 2 is 2.26 bits per heavy atom. The normalized spacial score (nSPS) is 21.8. The van der Waals surface area contributed by atoms with Crippen molar-refractivity contribution in [3.8, 4) is 0 Å². The number of hydrogen-bond acceptors (Lipinski definition) is 5. The molecule has 2 aromatic rings. The van der Waals surface area contributed by atoms with Crippen molar-refractivity contribution < 1.29 is 9.32 Å². The molecule has 124 valence electrons. The summed E-state index contributed by atoms with van der Waals surface area (Å²) in [4.78, 5) is 17.3. The number of aryl methyl sites for hydroxylation is 1. The first kappa shape index (κ1) is 15.9. The van der Waals surface area contributed by atoms with Crippen molar-refractivity contribution >= 4 is 17.0 Å². The molecule has 2 unspecified atom stereocenters. The van der Waals surface area contributed by atoms with Crippen LogP contribution in [0.3, 0.4) is 0 Å². The number of nitrogens with one attached hydrogen (secondary N) is 2. The average molecular weight is 316 g/mol. The van der Waals surface area contributed by atoms with Crippen molar-refractivity contribution in [2.45, 2.75) is 58.5 Å². The Morgan fingerprint density at radius 1 is 1.48 bits per heavy atom. The van der Waals surface area contributed by atoms with Crippen LogP contribution in [0.25, 0.3) is 11.1 Å². The molecule has 3 heterocycles. The summed E-state index contributed by atoms with van der Waals surface area (Å²) in [5, 5.41) is 11.2. The van der Waals surface area contributed by atoms with Gasteiger partial charge in [0.1, 0.15) is 0 Å². The second-order valence-corrected chi connectivity index (χ2v) is 6.75. The number of carbonyl (C=O) groups excluding carboxylic acids is 1. The molecule has 0 radical (unpaired) electrons. The molecule has 2 atom stereocenters. The maximum Gasteiger partial charge on any atom is 0.259 e. The summed E-state index contributed by atoms with van der Waals surface area (Å²) in [6.45, 7) is 9.01. The van der Waals surface area contributed by atoms with E-state index in [1.54, 1.807) is 0 Å². The Balaban J connectivity index is 1.93. The van der Waals surface area contributed by atoms with E-state index in [0.717, 1.165) is 25.1 Å². The average Bonchev–Trinajstić information content (AvgIpc) is 2.88. The van der Waals surface area contributed by atoms with E-state index in [9.17, 15) is 4.79 Å². The minimum Gasteiger partial charge on any atom is -0.349 e. The van der Waals surface area contributed by atoms with Crippen LogP contribution in [0.1, 0.15) is 61.3 Å². The zero-order valence-electron chi connectivity index (χ0n) is 14.1. The Kier molecular flexibility index (Phi) is 4.35. The SMILES string of the molecule is Cc1noc2nc(C(C)C)cc(C(=O)NC3CCNC(C)C3)c12. The molecule has 0 spiro atoms. The molecule has 6 heteroatoms. The van der Waals surface area contributed by atoms with Gasteiger partial charge in [-0.15, -0.1) is 0 Å². The van der Waals surface area contributed by atoms with Gasteiger partial charge < -0.3 is 15.2 Å². The number of hydrogen-bond donors (Lipinski definition) is 2. The lowest BCUT2D eigenvalue weighted by molar-refractivity contribution is 0.0927. The lowest BCUT2D eigenvalue weighted by Crippen LogP contribution is -2.46. The van der Waals surface area contributed by atoms with Crippen LogP contribution in [0.2, 0.25) is 0 Å². The van der Waals surface area contributed by atoms with Crippen LogP contribution >= 0.6 is 0 Å². The van der Waals surface area contributed by atoms with E-state index in [2.05, 4.69) is 27.7 Å². The monoisotopic (exact) mass is 316 g/mol. The molecule has 1 aliphatic rings. The third-order valence-electron chi connectivity index (χ3n) is 4.43. The fourth-order valence-corrected chi connectivity index (χ4v) is 3.11. The van der Waals surface area contributed by atoms with Crippen LogP contribution < -0.4 is 10.6 Å². The van der Waals surface area contributed by atoms with Crippen molar-refractivity contribution in [2.24, 2.45) is 0 Å². The number of nitrogens with zero attached hydrogens (tertiary/aromatic N) is 2. The molecule has 1 fully saturated rings. The van der Waals surface area contributed by atoms with Gasteiger partial charge >= 0.3 is 0 Å². The van der Waals surface area contributed by atoms with Crippen LogP contribution in [0.15, 0.2) is 10.6 Å². The van der Waals surface area contributed by atoms with Crippen molar-refractivity contribution in [1.82, 2.24) is 20.8 Å². The summed E-state index contributed by atoms with van der Waals surface area (Å²) in [7, 11) is 0. The van der Waals surface area contributed by atoms with E-state index in [1.807, 2.05) is 26.8 Å². The van der Waals surface area contributed by atoms with Crippen LogP contribution in [0.5, 0.6) is 0 Å². The Labute approximate surface area is 136 Å². The molecule has 23 heavy (non-hydrogen) atoms. The molecular formula is C17H24N4O2. The van der Waals surface area contributed by atoms with Crippen molar-refractivity contribution in [1.29, 1.82) is 0 Å². The first-order chi connectivity index (χ1) is 11.0. The molecule has 6 nitrogen and oxygen atoms in total. The van der Waals surface area contributed by atoms with E-state index in [-0.39, 0.29) is 17.9 Å². The van der Waals surface area contributed by atoms with Crippen molar-refractivity contribution in [3.63, 3.8) is 0 Å². The lowest BCUT2D eigenvalue weighted by Gasteiger charge is -2.28. The quantitative estimate of drug-likeness (QED) is 0.909. The Hall–Kier alpha value is -1.95. The highest BCUT2D eigenvalue weighted by Gasteiger charge is 2.24. The topological polar surface area (TPSA) is 80.0 Å². The van der Waals surface area contributed by atoms with Crippen LogP contribution in [0.4, 0.5) is 0 Å². The van der Waals surface area contributed by atoms with Gasteiger partial charge in [0.2, 0.25) is 0 Å². The zero-order valence-corrected chi connectivity index (χ0v) is 14.1. The number of carbonyl (C=O) groups is 1. The number of aromatic nitrogens is 2. The smallest absolute Gasteiger partial charge is 0.259 e. The molecule has 1 aliphatic heterocycles. The Morgan fingerprint density at radius 3 is 2.96 bits per heavy atom. The fourth-order valence-electron chi connectivity index (χ4n) is 3.11. The minimum absolute atomic E-state index is 0.0651. The number of rotatable bonds is 3. The predicted octanol–water partition coefficient (Wildman–Crippen LogP) is 2.52. The first-order valence-corrected chi connectivity index (χ1v) is 8.27. The van der Waals surface area contributed by atoms with E-state index in [4.69, 9.17) is 4.52 Å². The molecule has 0 aromatic carbocycles. The van der Waals surface area contributed by atoms with Crippen molar-refractivity contribution in [3.05, 3.63) is 23.0 Å². The maximum atomic E-state index is 12.8. The van der Waals surface area contributed by atoms with Gasteiger partial charge in [0.05, 0.1) is 16.6 Å². The predicted molar refractivity (Wildman–Crippen MR) is 88.6 cm³/mol. The van der Waals surface area contributed by atoms with E-state index in [1.165, 1.54) is 0 Å². The summed E-state index contributed by atoms with van der Waals surface area (Å²) >= 11 is 0. The molecule has 0 aliphatic carbocycles. The largest absolute Gasteiger partial charge is 0.349 e. The van der Waals surface area contributed by atoms with Gasteiger partial charge in [-0.05, 0) is 45.2 Å². The molecule has 0 saturated carbocycles. The number of amides is 1. The second kappa shape index (κ2) is 6.28. The fraction of sp³-hybridized carbons (Fsp3) is 0.588. The Bertz CT molecular complexity index is 723. The number of piperidine rings is 1. The third-order valence-corrected chi connectivity index (χ3v) is 4.43. The highest BCUT2D eigenvalue weighted by molar-refractivity contribution is 6.06. The molecule has 1 saturated heterocycles. The van der Waals surface area contributed by atoms with Gasteiger partial charge in [-0.1, -0.05) is 19.0 Å². The summed E-state index contributed by atoms with van der Waals surface area (Å²) < 4.78 is 5.29. The highest BCUT2D eigenvalue weighted by Crippen LogP contribution is 2.25. The maximum absolute atomic E-state index is 12.8. The van der Waals surface area contributed by atoms with Gasteiger partial charge in [0, 0.05) is 17.8 Å². The second-order valence-electron chi connectivity index (χ2n) is 6.75. The summed E-state index contributed by atoms with van der Waals surface area (Å²) in [5.41, 5.74) is 2.60. The number of fused-ring (bicyclic) bond motifs is 1. The molecule has 3 rings (SSSR count). The van der Waals surface area contributed by atoms with Crippen molar-refractivity contribution in [2.75, 3.05) is 6.54 Å². The molecule has 1 amide bonds. The highest BCUT2D eigenvalue weighted by atomic mass is 16.5. The zero-order chi connectivity index (χ0) is 16.6. The van der Waals surface area contributed by atoms with Crippen LogP contribution in [-0.2, 0) is 0 Å². The van der Waals surface area contributed by atoms with E-state index < -0.39 is 0 Å². The minimum atomic E-state index is -0.0651. The standard InChI is InChI=1S/C17H24N4O2/c1-9(2)14-8-13(15-11(4)21-23-17(15)20-14)16(22)19-12-5-6-18-10(3)7-12/h8-10,12,18H,5-7H2,1-4H3,(H,19,22). The van der Waals surface area contributed by atoms with Gasteiger partial charge in [-0.3, -0.25) is 4.79 Å². The van der Waals surface area contributed by atoms with E-state index >= 15 is 0 Å². The molecule has 2 aromatic heterocycles. The van der Waals surface area contributed by atoms with Gasteiger partial charge in [0.15, 0.2) is 0 Å². The number of pyridine rings is 1. The van der Waals surface area contributed by atoms with E-state index in [0.29, 0.717) is 28.4 Å². The van der Waals surface area contributed by atoms with Gasteiger partial charge in [-0.25, -0.2) is 4.98 Å². The summed E-state index contributed by atoms with van der Waals surface area (Å²) in [5.74, 6) is 0.153. The summed E-state index contributed by atoms with van der Waals surface area (Å²) in [6.07, 6.45) is 1.89. The third kappa shape index (κ3) is 3.22. The van der Waals surface area contributed by atoms with Gasteiger partial charge in [0.25, 0.3) is 11.6 Å². The molecular weight excluding hydrogens is 292 g/mol. The first-order valence-electron chi connectivity index (χ1n) is 8.27.